The third-order valence-corrected chi connectivity index (χ3v) is 4.97. The van der Waals surface area contributed by atoms with Crippen molar-refractivity contribution in [3.63, 3.8) is 0 Å². The van der Waals surface area contributed by atoms with Crippen molar-refractivity contribution in [2.75, 3.05) is 37.5 Å². The Morgan fingerprint density at radius 2 is 2.04 bits per heavy atom. The fourth-order valence-electron chi connectivity index (χ4n) is 3.52. The number of carbonyl (C=O) groups excluding carboxylic acids is 2. The molecule has 1 fully saturated rings. The van der Waals surface area contributed by atoms with Crippen LogP contribution in [0.25, 0.3) is 0 Å². The lowest BCUT2D eigenvalue weighted by Crippen LogP contribution is -2.30. The molecule has 0 radical (unpaired) electrons. The summed E-state index contributed by atoms with van der Waals surface area (Å²) in [5, 5.41) is 2.94. The number of likely N-dealkylation sites (N-methyl/N-ethyl adjacent to an activating group) is 1. The van der Waals surface area contributed by atoms with Crippen molar-refractivity contribution in [1.29, 1.82) is 0 Å². The molecule has 0 aliphatic carbocycles. The van der Waals surface area contributed by atoms with Crippen LogP contribution in [0.2, 0.25) is 0 Å². The number of anilines is 2. The number of fused-ring (bicyclic) bond motifs is 1. The van der Waals surface area contributed by atoms with Crippen LogP contribution in [0.4, 0.5) is 16.2 Å². The van der Waals surface area contributed by atoms with E-state index in [1.54, 1.807) is 36.2 Å². The predicted octanol–water partition coefficient (Wildman–Crippen LogP) is 2.44. The van der Waals surface area contributed by atoms with Gasteiger partial charge in [-0.15, -0.1) is 0 Å². The molecule has 2 aliphatic heterocycles. The smallest absolute Gasteiger partial charge is 0.324 e. The Labute approximate surface area is 151 Å². The second kappa shape index (κ2) is 6.33. The van der Waals surface area contributed by atoms with Gasteiger partial charge in [0, 0.05) is 56.1 Å². The molecule has 1 N–H and O–H groups in total. The summed E-state index contributed by atoms with van der Waals surface area (Å²) in [6.07, 6.45) is 2.12. The number of hydrogen-bond donors (Lipinski definition) is 1. The molecule has 0 saturated carbocycles. The van der Waals surface area contributed by atoms with Crippen LogP contribution in [-0.4, -0.2) is 49.1 Å². The average Bonchev–Trinajstić information content (AvgIpc) is 2.99. The summed E-state index contributed by atoms with van der Waals surface area (Å²) < 4.78 is 5.11. The molecule has 3 amide bonds. The molecule has 1 atom stereocenters. The van der Waals surface area contributed by atoms with Gasteiger partial charge < -0.3 is 15.0 Å². The normalized spacial score (nSPS) is 19.4. The molecular formula is C19H20N4O3. The van der Waals surface area contributed by atoms with Crippen LogP contribution < -0.4 is 15.0 Å². The van der Waals surface area contributed by atoms with E-state index < -0.39 is 0 Å². The lowest BCUT2D eigenvalue weighted by atomic mass is 9.85. The number of methoxy groups -OCH3 is 1. The Morgan fingerprint density at radius 1 is 1.19 bits per heavy atom. The Kier molecular flexibility index (Phi) is 3.99. The van der Waals surface area contributed by atoms with Crippen molar-refractivity contribution < 1.29 is 14.3 Å². The van der Waals surface area contributed by atoms with Gasteiger partial charge in [-0.2, -0.15) is 0 Å². The van der Waals surface area contributed by atoms with Gasteiger partial charge in [-0.1, -0.05) is 12.1 Å². The topological polar surface area (TPSA) is 74.8 Å². The zero-order valence-electron chi connectivity index (χ0n) is 14.7. The van der Waals surface area contributed by atoms with Crippen LogP contribution in [0.15, 0.2) is 36.5 Å². The van der Waals surface area contributed by atoms with Crippen molar-refractivity contribution in [2.45, 2.75) is 12.3 Å². The molecule has 1 aromatic carbocycles. The third-order valence-electron chi connectivity index (χ3n) is 4.97. The van der Waals surface area contributed by atoms with Gasteiger partial charge in [0.25, 0.3) is 0 Å². The Morgan fingerprint density at radius 3 is 2.69 bits per heavy atom. The summed E-state index contributed by atoms with van der Waals surface area (Å²) in [6.45, 7) is 1.34. The quantitative estimate of drug-likeness (QED) is 0.921. The molecule has 2 aromatic rings. The molecule has 7 nitrogen and oxygen atoms in total. The van der Waals surface area contributed by atoms with Crippen molar-refractivity contribution in [3.8, 4) is 5.88 Å². The van der Waals surface area contributed by atoms with E-state index in [2.05, 4.69) is 10.3 Å². The minimum Gasteiger partial charge on any atom is -0.481 e. The maximum Gasteiger partial charge on any atom is 0.324 e. The van der Waals surface area contributed by atoms with Crippen molar-refractivity contribution in [2.24, 2.45) is 0 Å². The molecule has 3 heterocycles. The summed E-state index contributed by atoms with van der Waals surface area (Å²) in [5.74, 6) is 0.435. The molecule has 26 heavy (non-hydrogen) atoms. The number of aromatic nitrogens is 1. The number of pyridine rings is 1. The maximum absolute atomic E-state index is 12.2. The fourth-order valence-corrected chi connectivity index (χ4v) is 3.52. The molecule has 1 saturated heterocycles. The Bertz CT molecular complexity index is 866. The fraction of sp³-hybridized carbons (Fsp3) is 0.316. The summed E-state index contributed by atoms with van der Waals surface area (Å²) >= 11 is 0. The highest BCUT2D eigenvalue weighted by Gasteiger charge is 2.30. The monoisotopic (exact) mass is 352 g/mol. The van der Waals surface area contributed by atoms with Gasteiger partial charge in [0.15, 0.2) is 0 Å². The van der Waals surface area contributed by atoms with Gasteiger partial charge in [0.05, 0.1) is 7.11 Å². The highest BCUT2D eigenvalue weighted by atomic mass is 16.5. The van der Waals surface area contributed by atoms with Gasteiger partial charge in [-0.05, 0) is 23.3 Å². The lowest BCUT2D eigenvalue weighted by molar-refractivity contribution is -0.116. The van der Waals surface area contributed by atoms with Gasteiger partial charge in [-0.25, -0.2) is 9.78 Å². The zero-order valence-corrected chi connectivity index (χ0v) is 14.7. The van der Waals surface area contributed by atoms with Crippen LogP contribution >= 0.6 is 0 Å². The Hall–Kier alpha value is -3.09. The van der Waals surface area contributed by atoms with Crippen molar-refractivity contribution >= 4 is 23.3 Å². The average molecular weight is 352 g/mol. The van der Waals surface area contributed by atoms with E-state index in [9.17, 15) is 9.59 Å². The number of nitrogens with zero attached hydrogens (tertiary/aromatic N) is 3. The first-order valence-corrected chi connectivity index (χ1v) is 8.53. The van der Waals surface area contributed by atoms with E-state index >= 15 is 0 Å². The van der Waals surface area contributed by atoms with Gasteiger partial charge in [0.2, 0.25) is 11.8 Å². The lowest BCUT2D eigenvalue weighted by Gasteiger charge is -2.27. The summed E-state index contributed by atoms with van der Waals surface area (Å²) in [5.41, 5.74) is 3.54. The molecule has 0 spiro atoms. The summed E-state index contributed by atoms with van der Waals surface area (Å²) in [4.78, 5) is 32.1. The van der Waals surface area contributed by atoms with Crippen LogP contribution in [0.1, 0.15) is 23.5 Å². The first kappa shape index (κ1) is 16.4. The first-order chi connectivity index (χ1) is 12.6. The summed E-state index contributed by atoms with van der Waals surface area (Å²) in [7, 11) is 3.36. The molecule has 4 rings (SSSR count). The van der Waals surface area contributed by atoms with E-state index in [-0.39, 0.29) is 17.9 Å². The number of rotatable bonds is 3. The third kappa shape index (κ3) is 2.75. The molecule has 2 aliphatic rings. The van der Waals surface area contributed by atoms with Gasteiger partial charge >= 0.3 is 6.03 Å². The number of nitrogens with one attached hydrogen (secondary N) is 1. The second-order valence-corrected chi connectivity index (χ2v) is 6.57. The van der Waals surface area contributed by atoms with E-state index in [0.29, 0.717) is 25.4 Å². The number of ether oxygens (including phenoxy) is 1. The SMILES string of the molecule is COc1ccc(C2CC(=O)Nc3cc(N4CCN(C)C4=O)ccc32)cn1. The minimum absolute atomic E-state index is 0.0250. The number of carbonyl (C=O) groups is 2. The van der Waals surface area contributed by atoms with Gasteiger partial charge in [-0.3, -0.25) is 9.69 Å². The van der Waals surface area contributed by atoms with E-state index in [4.69, 9.17) is 4.74 Å². The van der Waals surface area contributed by atoms with E-state index in [1.165, 1.54) is 0 Å². The molecule has 7 heteroatoms. The van der Waals surface area contributed by atoms with Crippen LogP contribution in [0.5, 0.6) is 5.88 Å². The van der Waals surface area contributed by atoms with Gasteiger partial charge in [0.1, 0.15) is 0 Å². The van der Waals surface area contributed by atoms with E-state index in [0.717, 1.165) is 22.5 Å². The molecule has 1 aromatic heterocycles. The number of amides is 3. The first-order valence-electron chi connectivity index (χ1n) is 8.53. The molecule has 0 bridgehead atoms. The summed E-state index contributed by atoms with van der Waals surface area (Å²) in [6, 6.07) is 9.53. The minimum atomic E-state index is -0.0665. The number of benzene rings is 1. The van der Waals surface area contributed by atoms with Crippen molar-refractivity contribution in [1.82, 2.24) is 9.88 Å². The zero-order chi connectivity index (χ0) is 18.3. The number of hydrogen-bond acceptors (Lipinski definition) is 4. The Balaban J connectivity index is 1.69. The molecule has 1 unspecified atom stereocenters. The number of urea groups is 1. The predicted molar refractivity (Wildman–Crippen MR) is 97.7 cm³/mol. The largest absolute Gasteiger partial charge is 0.481 e. The highest BCUT2D eigenvalue weighted by molar-refractivity contribution is 5.98. The molecule has 134 valence electrons. The highest BCUT2D eigenvalue weighted by Crippen LogP contribution is 2.39. The van der Waals surface area contributed by atoms with E-state index in [1.807, 2.05) is 24.3 Å². The van der Waals surface area contributed by atoms with Crippen molar-refractivity contribution in [3.05, 3.63) is 47.7 Å². The van der Waals surface area contributed by atoms with Crippen LogP contribution in [-0.2, 0) is 4.79 Å². The van der Waals surface area contributed by atoms with Crippen LogP contribution in [0.3, 0.4) is 0 Å². The maximum atomic E-state index is 12.2. The van der Waals surface area contributed by atoms with Crippen LogP contribution in [0, 0.1) is 0 Å². The molecular weight excluding hydrogens is 332 g/mol. The second-order valence-electron chi connectivity index (χ2n) is 6.57. The standard InChI is InChI=1S/C19H20N4O3/c1-22-7-8-23(19(22)25)13-4-5-14-15(10-17(24)21-16(14)9-13)12-3-6-18(26-2)20-11-12/h3-6,9,11,15H,7-8,10H2,1-2H3,(H,21,24).